The molecule has 0 fully saturated rings. The summed E-state index contributed by atoms with van der Waals surface area (Å²) in [5, 5.41) is 0. The Kier molecular flexibility index (Phi) is 3.57. The van der Waals surface area contributed by atoms with E-state index in [2.05, 4.69) is 14.5 Å². The summed E-state index contributed by atoms with van der Waals surface area (Å²) < 4.78 is 8.08. The summed E-state index contributed by atoms with van der Waals surface area (Å²) in [6.45, 7) is 0. The number of nitrogens with zero attached hydrogens (tertiary/aromatic N) is 3. The van der Waals surface area contributed by atoms with Crippen LogP contribution in [0.4, 0.5) is 5.82 Å². The molecule has 0 amide bonds. The van der Waals surface area contributed by atoms with Crippen LogP contribution in [0.15, 0.2) is 60.9 Å². The minimum atomic E-state index is 0.513. The number of rotatable bonds is 3. The second kappa shape index (κ2) is 6.07. The van der Waals surface area contributed by atoms with Gasteiger partial charge >= 0.3 is 0 Å². The summed E-state index contributed by atoms with van der Waals surface area (Å²) in [4.78, 5) is 8.68. The van der Waals surface area contributed by atoms with Crippen LogP contribution in [0.5, 0.6) is 11.5 Å². The van der Waals surface area contributed by atoms with Gasteiger partial charge < -0.3 is 15.0 Å². The largest absolute Gasteiger partial charge is 0.457 e. The predicted molar refractivity (Wildman–Crippen MR) is 105 cm³/mol. The fourth-order valence-electron chi connectivity index (χ4n) is 3.37. The third-order valence-corrected chi connectivity index (χ3v) is 5.51. The van der Waals surface area contributed by atoms with Gasteiger partial charge in [0.1, 0.15) is 23.3 Å². The van der Waals surface area contributed by atoms with Crippen molar-refractivity contribution < 1.29 is 4.74 Å². The van der Waals surface area contributed by atoms with Gasteiger partial charge in [0.05, 0.1) is 5.52 Å². The zero-order valence-corrected chi connectivity index (χ0v) is 14.7. The molecule has 5 nitrogen and oxygen atoms in total. The first-order valence-corrected chi connectivity index (χ1v) is 9.50. The van der Waals surface area contributed by atoms with Crippen molar-refractivity contribution in [2.45, 2.75) is 11.5 Å². The molecule has 0 radical (unpaired) electrons. The fraction of sp³-hybridized carbons (Fsp3) is 0.100. The van der Waals surface area contributed by atoms with E-state index in [1.807, 2.05) is 66.4 Å². The monoisotopic (exact) mass is 360 g/mol. The molecule has 6 heteroatoms. The highest BCUT2D eigenvalue weighted by molar-refractivity contribution is 7.98. The lowest BCUT2D eigenvalue weighted by Crippen LogP contribution is -2.02. The average Bonchev–Trinajstić information content (AvgIpc) is 3.25. The Hall–Kier alpha value is -2.99. The van der Waals surface area contributed by atoms with Crippen molar-refractivity contribution in [1.29, 1.82) is 0 Å². The standard InChI is InChI=1S/C20H16N4OS/c21-20-19-18(22-12-23-20)16-10-26-11-17(16)24(19)13-6-8-15(9-7-13)25-14-4-2-1-3-5-14/h1-9,12H,10-11H2,(H2,21,22,23). The Morgan fingerprint density at radius 2 is 1.69 bits per heavy atom. The second-order valence-electron chi connectivity index (χ2n) is 6.12. The maximum atomic E-state index is 6.18. The van der Waals surface area contributed by atoms with Gasteiger partial charge in [0.2, 0.25) is 0 Å². The SMILES string of the molecule is Nc1ncnc2c3c(n(-c4ccc(Oc5ccccc5)cc4)c12)CSC3. The molecule has 1 aliphatic heterocycles. The van der Waals surface area contributed by atoms with E-state index in [9.17, 15) is 0 Å². The zero-order chi connectivity index (χ0) is 17.5. The number of fused-ring (bicyclic) bond motifs is 3. The van der Waals surface area contributed by atoms with E-state index in [0.717, 1.165) is 39.7 Å². The molecule has 3 heterocycles. The number of aromatic nitrogens is 3. The molecule has 0 saturated heterocycles. The van der Waals surface area contributed by atoms with Gasteiger partial charge in [-0.3, -0.25) is 0 Å². The minimum Gasteiger partial charge on any atom is -0.457 e. The lowest BCUT2D eigenvalue weighted by molar-refractivity contribution is 0.482. The first-order chi connectivity index (χ1) is 12.8. The molecule has 4 aromatic rings. The summed E-state index contributed by atoms with van der Waals surface area (Å²) in [5.74, 6) is 4.05. The first-order valence-electron chi connectivity index (χ1n) is 8.35. The number of hydrogen-bond acceptors (Lipinski definition) is 5. The molecule has 0 atom stereocenters. The first kappa shape index (κ1) is 15.3. The maximum Gasteiger partial charge on any atom is 0.151 e. The zero-order valence-electron chi connectivity index (χ0n) is 13.9. The van der Waals surface area contributed by atoms with Gasteiger partial charge in [-0.2, -0.15) is 11.8 Å². The molecule has 128 valence electrons. The van der Waals surface area contributed by atoms with Gasteiger partial charge in [0.25, 0.3) is 0 Å². The molecule has 2 aromatic heterocycles. The number of nitrogen functional groups attached to an aromatic ring is 1. The quantitative estimate of drug-likeness (QED) is 0.581. The van der Waals surface area contributed by atoms with Gasteiger partial charge in [-0.1, -0.05) is 18.2 Å². The third-order valence-electron chi connectivity index (χ3n) is 4.54. The van der Waals surface area contributed by atoms with Crippen molar-refractivity contribution in [1.82, 2.24) is 14.5 Å². The molecule has 0 unspecified atom stereocenters. The van der Waals surface area contributed by atoms with E-state index in [1.165, 1.54) is 11.3 Å². The molecule has 0 aliphatic carbocycles. The fourth-order valence-corrected chi connectivity index (χ4v) is 4.47. The van der Waals surface area contributed by atoms with E-state index >= 15 is 0 Å². The van der Waals surface area contributed by atoms with Gasteiger partial charge in [-0.25, -0.2) is 9.97 Å². The third kappa shape index (κ3) is 2.42. The molecular weight excluding hydrogens is 344 g/mol. The summed E-state index contributed by atoms with van der Waals surface area (Å²) in [5.41, 5.74) is 11.6. The molecule has 0 bridgehead atoms. The number of hydrogen-bond donors (Lipinski definition) is 1. The van der Waals surface area contributed by atoms with Crippen LogP contribution in [0, 0.1) is 0 Å². The number of anilines is 1. The molecule has 0 saturated carbocycles. The van der Waals surface area contributed by atoms with Crippen LogP contribution in [0.2, 0.25) is 0 Å². The lowest BCUT2D eigenvalue weighted by Gasteiger charge is -2.11. The van der Waals surface area contributed by atoms with Crippen molar-refractivity contribution in [3.8, 4) is 17.2 Å². The van der Waals surface area contributed by atoms with Crippen molar-refractivity contribution in [3.05, 3.63) is 72.2 Å². The highest BCUT2D eigenvalue weighted by Crippen LogP contribution is 2.40. The molecule has 2 aromatic carbocycles. The predicted octanol–water partition coefficient (Wildman–Crippen LogP) is 4.54. The highest BCUT2D eigenvalue weighted by atomic mass is 32.2. The summed E-state index contributed by atoms with van der Waals surface area (Å²) in [6.07, 6.45) is 1.54. The highest BCUT2D eigenvalue weighted by Gasteiger charge is 2.25. The van der Waals surface area contributed by atoms with Crippen LogP contribution >= 0.6 is 11.8 Å². The van der Waals surface area contributed by atoms with Gasteiger partial charge in [0.15, 0.2) is 5.82 Å². The van der Waals surface area contributed by atoms with E-state index in [-0.39, 0.29) is 0 Å². The summed E-state index contributed by atoms with van der Waals surface area (Å²) in [7, 11) is 0. The van der Waals surface area contributed by atoms with Crippen molar-refractivity contribution in [3.63, 3.8) is 0 Å². The van der Waals surface area contributed by atoms with Gasteiger partial charge in [0, 0.05) is 28.5 Å². The van der Waals surface area contributed by atoms with Crippen LogP contribution in [0.1, 0.15) is 11.3 Å². The molecule has 2 N–H and O–H groups in total. The van der Waals surface area contributed by atoms with Crippen LogP contribution in [-0.4, -0.2) is 14.5 Å². The van der Waals surface area contributed by atoms with Gasteiger partial charge in [-0.05, 0) is 36.4 Å². The molecule has 1 aliphatic rings. The number of nitrogens with two attached hydrogens (primary N) is 1. The normalized spacial score (nSPS) is 13.1. The minimum absolute atomic E-state index is 0.513. The van der Waals surface area contributed by atoms with E-state index in [1.54, 1.807) is 6.33 Å². The van der Waals surface area contributed by atoms with Gasteiger partial charge in [-0.15, -0.1) is 0 Å². The Balaban J connectivity index is 1.59. The second-order valence-corrected chi connectivity index (χ2v) is 7.10. The molecule has 26 heavy (non-hydrogen) atoms. The van der Waals surface area contributed by atoms with Crippen molar-refractivity contribution >= 4 is 28.6 Å². The van der Waals surface area contributed by atoms with Crippen molar-refractivity contribution in [2.24, 2.45) is 0 Å². The Bertz CT molecular complexity index is 1090. The number of para-hydroxylation sites is 1. The lowest BCUT2D eigenvalue weighted by atomic mass is 10.2. The van der Waals surface area contributed by atoms with E-state index < -0.39 is 0 Å². The molecule has 0 spiro atoms. The average molecular weight is 360 g/mol. The summed E-state index contributed by atoms with van der Waals surface area (Å²) in [6, 6.07) is 17.8. The molecular formula is C20H16N4OS. The number of ether oxygens (including phenoxy) is 1. The van der Waals surface area contributed by atoms with Crippen LogP contribution in [0.25, 0.3) is 16.7 Å². The Labute approximate surface area is 154 Å². The Morgan fingerprint density at radius 1 is 0.923 bits per heavy atom. The van der Waals surface area contributed by atoms with E-state index in [0.29, 0.717) is 5.82 Å². The number of thioether (sulfide) groups is 1. The van der Waals surface area contributed by atoms with Crippen molar-refractivity contribution in [2.75, 3.05) is 5.73 Å². The Morgan fingerprint density at radius 3 is 2.50 bits per heavy atom. The number of benzene rings is 2. The van der Waals surface area contributed by atoms with Crippen LogP contribution in [0.3, 0.4) is 0 Å². The smallest absolute Gasteiger partial charge is 0.151 e. The van der Waals surface area contributed by atoms with Crippen LogP contribution < -0.4 is 10.5 Å². The maximum absolute atomic E-state index is 6.18. The topological polar surface area (TPSA) is 66.0 Å². The summed E-state index contributed by atoms with van der Waals surface area (Å²) >= 11 is 1.90. The molecule has 5 rings (SSSR count). The van der Waals surface area contributed by atoms with E-state index in [4.69, 9.17) is 10.5 Å². The van der Waals surface area contributed by atoms with Crippen LogP contribution in [-0.2, 0) is 11.5 Å².